The van der Waals surface area contributed by atoms with Gasteiger partial charge >= 0.3 is 0 Å². The molecule has 3 aromatic rings. The normalized spacial score (nSPS) is 10.5. The number of hydrogen-bond acceptors (Lipinski definition) is 8. The third-order valence-corrected chi connectivity index (χ3v) is 6.06. The first-order valence-corrected chi connectivity index (χ1v) is 10.6. The van der Waals surface area contributed by atoms with Crippen molar-refractivity contribution in [3.05, 3.63) is 64.7 Å². The predicted octanol–water partition coefficient (Wildman–Crippen LogP) is 2.50. The van der Waals surface area contributed by atoms with E-state index in [1.807, 2.05) is 32.0 Å². The number of carbonyl (C=O) groups is 3. The molecule has 0 aliphatic heterocycles. The molecule has 0 aliphatic rings. The Labute approximate surface area is 180 Å². The zero-order valence-electron chi connectivity index (χ0n) is 16.1. The molecule has 0 fully saturated rings. The molecule has 1 heterocycles. The molecule has 1 aromatic heterocycles. The van der Waals surface area contributed by atoms with Gasteiger partial charge in [-0.1, -0.05) is 59.5 Å². The number of carbonyl (C=O) groups excluding carboxylic acids is 3. The summed E-state index contributed by atoms with van der Waals surface area (Å²) in [7, 11) is 0. The van der Waals surface area contributed by atoms with Gasteiger partial charge < -0.3 is 15.2 Å². The molecule has 2 amide bonds. The minimum Gasteiger partial charge on any atom is -0.545 e. The van der Waals surface area contributed by atoms with Crippen molar-refractivity contribution in [3.8, 4) is 0 Å². The Bertz CT molecular complexity index is 1090. The number of aryl methyl sites for hydroxylation is 2. The molecule has 0 aliphatic carbocycles. The van der Waals surface area contributed by atoms with Crippen molar-refractivity contribution in [2.75, 3.05) is 16.4 Å². The zero-order valence-corrected chi connectivity index (χ0v) is 17.7. The summed E-state index contributed by atoms with van der Waals surface area (Å²) < 4.78 is 0.496. The summed E-state index contributed by atoms with van der Waals surface area (Å²) in [6, 6.07) is 11.5. The maximum absolute atomic E-state index is 12.3. The molecule has 2 N–H and O–H groups in total. The molecule has 30 heavy (non-hydrogen) atoms. The van der Waals surface area contributed by atoms with E-state index >= 15 is 0 Å². The topological polar surface area (TPSA) is 124 Å². The first kappa shape index (κ1) is 21.5. The lowest BCUT2D eigenvalue weighted by molar-refractivity contribution is -0.255. The maximum Gasteiger partial charge on any atom is 0.258 e. The van der Waals surface area contributed by atoms with Gasteiger partial charge in [-0.25, -0.2) is 0 Å². The van der Waals surface area contributed by atoms with E-state index in [-0.39, 0.29) is 27.9 Å². The van der Waals surface area contributed by atoms with Crippen molar-refractivity contribution in [1.82, 2.24) is 10.2 Å². The van der Waals surface area contributed by atoms with Crippen molar-refractivity contribution in [1.29, 1.82) is 0 Å². The number of benzene rings is 2. The van der Waals surface area contributed by atoms with Gasteiger partial charge in [-0.3, -0.25) is 14.9 Å². The summed E-state index contributed by atoms with van der Waals surface area (Å²) in [4.78, 5) is 35.7. The van der Waals surface area contributed by atoms with E-state index in [9.17, 15) is 19.5 Å². The van der Waals surface area contributed by atoms with Crippen LogP contribution in [0, 0.1) is 13.8 Å². The number of para-hydroxylation sites is 1. The van der Waals surface area contributed by atoms with Gasteiger partial charge in [0.05, 0.1) is 11.7 Å². The van der Waals surface area contributed by atoms with Gasteiger partial charge in [0.2, 0.25) is 11.0 Å². The van der Waals surface area contributed by atoms with Gasteiger partial charge in [-0.15, -0.1) is 10.2 Å². The second-order valence-electron chi connectivity index (χ2n) is 6.26. The van der Waals surface area contributed by atoms with Gasteiger partial charge in [0.25, 0.3) is 5.91 Å². The quantitative estimate of drug-likeness (QED) is 0.426. The monoisotopic (exact) mass is 441 g/mol. The number of nitrogens with zero attached hydrogens (tertiary/aromatic N) is 2. The Kier molecular flexibility index (Phi) is 6.80. The Hall–Kier alpha value is -3.24. The molecule has 154 valence electrons. The van der Waals surface area contributed by atoms with Crippen LogP contribution in [0.15, 0.2) is 46.8 Å². The van der Waals surface area contributed by atoms with E-state index < -0.39 is 11.9 Å². The fraction of sp³-hybridized carbons (Fsp3) is 0.150. The molecule has 3 rings (SSSR count). The van der Waals surface area contributed by atoms with E-state index in [4.69, 9.17) is 0 Å². The molecule has 0 saturated carbocycles. The smallest absolute Gasteiger partial charge is 0.258 e. The average molecular weight is 442 g/mol. The summed E-state index contributed by atoms with van der Waals surface area (Å²) in [5, 5.41) is 24.6. The number of aromatic carboxylic acids is 1. The number of thioether (sulfide) groups is 1. The maximum atomic E-state index is 12.3. The van der Waals surface area contributed by atoms with Crippen molar-refractivity contribution in [3.63, 3.8) is 0 Å². The number of carboxylic acids is 1. The minimum absolute atomic E-state index is 0.0325. The Balaban J connectivity index is 1.58. The Morgan fingerprint density at radius 2 is 1.63 bits per heavy atom. The number of nitrogens with one attached hydrogen (secondary N) is 2. The standard InChI is InChI=1S/C20H18N4O4S2/c1-11-6-5-7-12(2)16(11)21-15(25)10-29-20-24-23-19(30-20)22-17(26)13-8-3-4-9-14(13)18(27)28/h3-9H,10H2,1-2H3,(H,21,25)(H,27,28)(H,22,23,26)/p-1. The van der Waals surface area contributed by atoms with Crippen LogP contribution in [-0.2, 0) is 4.79 Å². The van der Waals surface area contributed by atoms with E-state index in [0.717, 1.165) is 28.2 Å². The first-order valence-electron chi connectivity index (χ1n) is 8.79. The number of amides is 2. The zero-order chi connectivity index (χ0) is 21.7. The molecule has 10 heteroatoms. The first-order chi connectivity index (χ1) is 14.3. The largest absolute Gasteiger partial charge is 0.545 e. The van der Waals surface area contributed by atoms with Crippen LogP contribution >= 0.6 is 23.1 Å². The highest BCUT2D eigenvalue weighted by Crippen LogP contribution is 2.27. The number of rotatable bonds is 7. The van der Waals surface area contributed by atoms with Crippen molar-refractivity contribution < 1.29 is 19.5 Å². The SMILES string of the molecule is Cc1cccc(C)c1NC(=O)CSc1nnc(NC(=O)c2ccccc2C(=O)[O-])s1. The molecule has 0 unspecified atom stereocenters. The third kappa shape index (κ3) is 5.22. The summed E-state index contributed by atoms with van der Waals surface area (Å²) >= 11 is 2.28. The van der Waals surface area contributed by atoms with Gasteiger partial charge in [0.15, 0.2) is 4.34 Å². The van der Waals surface area contributed by atoms with Crippen molar-refractivity contribution in [2.24, 2.45) is 0 Å². The van der Waals surface area contributed by atoms with Crippen molar-refractivity contribution >= 4 is 51.7 Å². The fourth-order valence-corrected chi connectivity index (χ4v) is 4.20. The second-order valence-corrected chi connectivity index (χ2v) is 8.46. The lowest BCUT2D eigenvalue weighted by Crippen LogP contribution is -2.26. The highest BCUT2D eigenvalue weighted by atomic mass is 32.2. The average Bonchev–Trinajstić information content (AvgIpc) is 3.16. The number of anilines is 2. The van der Waals surface area contributed by atoms with Crippen LogP contribution in [-0.4, -0.2) is 33.7 Å². The highest BCUT2D eigenvalue weighted by Gasteiger charge is 2.15. The van der Waals surface area contributed by atoms with Crippen LogP contribution in [0.3, 0.4) is 0 Å². The highest BCUT2D eigenvalue weighted by molar-refractivity contribution is 8.01. The molecule has 0 saturated heterocycles. The summed E-state index contributed by atoms with van der Waals surface area (Å²) in [6.45, 7) is 3.85. The van der Waals surface area contributed by atoms with E-state index in [2.05, 4.69) is 20.8 Å². The second kappa shape index (κ2) is 9.51. The molecule has 0 radical (unpaired) electrons. The van der Waals surface area contributed by atoms with Crippen LogP contribution < -0.4 is 15.7 Å². The van der Waals surface area contributed by atoms with E-state index in [1.54, 1.807) is 6.07 Å². The summed E-state index contributed by atoms with van der Waals surface area (Å²) in [5.41, 5.74) is 2.50. The van der Waals surface area contributed by atoms with Gasteiger partial charge in [-0.05, 0) is 31.0 Å². The lowest BCUT2D eigenvalue weighted by atomic mass is 10.1. The molecular formula is C20H17N4O4S2-. The molecule has 0 atom stereocenters. The fourth-order valence-electron chi connectivity index (χ4n) is 2.66. The molecule has 0 spiro atoms. The summed E-state index contributed by atoms with van der Waals surface area (Å²) in [5.74, 6) is -2.12. The van der Waals surface area contributed by atoms with E-state index in [0.29, 0.717) is 4.34 Å². The summed E-state index contributed by atoms with van der Waals surface area (Å²) in [6.07, 6.45) is 0. The third-order valence-electron chi connectivity index (χ3n) is 4.09. The van der Waals surface area contributed by atoms with Crippen LogP contribution in [0.2, 0.25) is 0 Å². The van der Waals surface area contributed by atoms with Crippen LogP contribution in [0.25, 0.3) is 0 Å². The predicted molar refractivity (Wildman–Crippen MR) is 114 cm³/mol. The van der Waals surface area contributed by atoms with E-state index in [1.165, 1.54) is 30.0 Å². The van der Waals surface area contributed by atoms with Gasteiger partial charge in [0, 0.05) is 16.8 Å². The lowest BCUT2D eigenvalue weighted by Gasteiger charge is -2.10. The van der Waals surface area contributed by atoms with Gasteiger partial charge in [-0.2, -0.15) is 0 Å². The molecule has 2 aromatic carbocycles. The molecule has 8 nitrogen and oxygen atoms in total. The minimum atomic E-state index is -1.44. The van der Waals surface area contributed by atoms with Crippen molar-refractivity contribution in [2.45, 2.75) is 18.2 Å². The Morgan fingerprint density at radius 1 is 0.967 bits per heavy atom. The van der Waals surface area contributed by atoms with Crippen LogP contribution in [0.1, 0.15) is 31.8 Å². The number of aromatic nitrogens is 2. The molecule has 0 bridgehead atoms. The number of hydrogen-bond donors (Lipinski definition) is 2. The molecular weight excluding hydrogens is 424 g/mol. The van der Waals surface area contributed by atoms with Gasteiger partial charge in [0.1, 0.15) is 0 Å². The Morgan fingerprint density at radius 3 is 2.30 bits per heavy atom. The van der Waals surface area contributed by atoms with Crippen LogP contribution in [0.4, 0.5) is 10.8 Å². The van der Waals surface area contributed by atoms with Crippen LogP contribution in [0.5, 0.6) is 0 Å². The number of carboxylic acid groups (broad SMARTS) is 1.